The lowest BCUT2D eigenvalue weighted by molar-refractivity contribution is -0.121. The van der Waals surface area contributed by atoms with E-state index in [-0.39, 0.29) is 24.3 Å². The molecule has 0 aliphatic heterocycles. The van der Waals surface area contributed by atoms with Crippen molar-refractivity contribution in [3.8, 4) is 0 Å². The molecule has 0 fully saturated rings. The zero-order chi connectivity index (χ0) is 19.3. The van der Waals surface area contributed by atoms with E-state index in [0.717, 1.165) is 27.9 Å². The normalized spacial score (nSPS) is 11.7. The van der Waals surface area contributed by atoms with Gasteiger partial charge in [-0.3, -0.25) is 9.59 Å². The summed E-state index contributed by atoms with van der Waals surface area (Å²) in [5.74, 6) is -0.144. The molecule has 4 heteroatoms. The summed E-state index contributed by atoms with van der Waals surface area (Å²) in [5, 5.41) is 2.91. The van der Waals surface area contributed by atoms with Gasteiger partial charge in [0.1, 0.15) is 0 Å². The van der Waals surface area contributed by atoms with E-state index in [1.807, 2.05) is 64.1 Å². The van der Waals surface area contributed by atoms with Crippen molar-refractivity contribution in [2.24, 2.45) is 0 Å². The van der Waals surface area contributed by atoms with Gasteiger partial charge in [0.05, 0.1) is 12.5 Å². The van der Waals surface area contributed by atoms with Crippen molar-refractivity contribution in [1.29, 1.82) is 0 Å². The van der Waals surface area contributed by atoms with E-state index in [9.17, 15) is 9.59 Å². The molecule has 2 aromatic carbocycles. The Morgan fingerprint density at radius 1 is 0.962 bits per heavy atom. The number of hydrogen-bond acceptors (Lipinski definition) is 2. The van der Waals surface area contributed by atoms with Gasteiger partial charge in [0.2, 0.25) is 11.8 Å². The van der Waals surface area contributed by atoms with Crippen LogP contribution in [-0.4, -0.2) is 18.4 Å². The molecule has 138 valence electrons. The largest absolute Gasteiger partial charge is 0.349 e. The van der Waals surface area contributed by atoms with Gasteiger partial charge in [-0.25, -0.2) is 0 Å². The number of carbonyl (C=O) groups excluding carboxylic acids is 2. The van der Waals surface area contributed by atoms with Gasteiger partial charge in [-0.05, 0) is 56.5 Å². The number of hydrogen-bond donors (Lipinski definition) is 1. The van der Waals surface area contributed by atoms with Crippen LogP contribution < -0.4 is 10.2 Å². The molecule has 0 aliphatic carbocycles. The van der Waals surface area contributed by atoms with Crippen molar-refractivity contribution in [1.82, 2.24) is 5.32 Å². The molecule has 2 rings (SSSR count). The molecule has 1 atom stereocenters. The summed E-state index contributed by atoms with van der Waals surface area (Å²) in [6.07, 6.45) is 0.226. The number of benzene rings is 2. The van der Waals surface area contributed by atoms with Crippen molar-refractivity contribution < 1.29 is 9.59 Å². The quantitative estimate of drug-likeness (QED) is 0.846. The van der Waals surface area contributed by atoms with Crippen LogP contribution in [0.1, 0.15) is 48.6 Å². The maximum atomic E-state index is 13.0. The summed E-state index contributed by atoms with van der Waals surface area (Å²) in [5.41, 5.74) is 5.24. The zero-order valence-corrected chi connectivity index (χ0v) is 16.3. The summed E-state index contributed by atoms with van der Waals surface area (Å²) in [6, 6.07) is 13.7. The van der Waals surface area contributed by atoms with Crippen molar-refractivity contribution in [3.63, 3.8) is 0 Å². The molecule has 4 nitrogen and oxygen atoms in total. The fraction of sp³-hybridized carbons (Fsp3) is 0.364. The second-order valence-electron chi connectivity index (χ2n) is 6.85. The van der Waals surface area contributed by atoms with Crippen molar-refractivity contribution in [2.75, 3.05) is 11.4 Å². The van der Waals surface area contributed by atoms with Crippen LogP contribution >= 0.6 is 0 Å². The molecule has 0 aromatic heterocycles. The predicted molar refractivity (Wildman–Crippen MR) is 106 cm³/mol. The highest BCUT2D eigenvalue weighted by Gasteiger charge is 2.22. The summed E-state index contributed by atoms with van der Waals surface area (Å²) in [4.78, 5) is 26.4. The molecule has 0 saturated heterocycles. The Morgan fingerprint density at radius 2 is 1.54 bits per heavy atom. The van der Waals surface area contributed by atoms with Crippen molar-refractivity contribution in [3.05, 3.63) is 64.7 Å². The highest BCUT2D eigenvalue weighted by molar-refractivity contribution is 5.94. The molecular weight excluding hydrogens is 324 g/mol. The maximum Gasteiger partial charge on any atom is 0.229 e. The van der Waals surface area contributed by atoms with E-state index in [2.05, 4.69) is 11.4 Å². The molecule has 1 N–H and O–H groups in total. The first-order valence-corrected chi connectivity index (χ1v) is 9.02. The zero-order valence-electron chi connectivity index (χ0n) is 16.3. The van der Waals surface area contributed by atoms with Gasteiger partial charge in [-0.1, -0.05) is 35.9 Å². The lowest BCUT2D eigenvalue weighted by atomic mass is 10.0. The van der Waals surface area contributed by atoms with Crippen molar-refractivity contribution in [2.45, 2.75) is 47.1 Å². The predicted octanol–water partition coefficient (Wildman–Crippen LogP) is 4.23. The van der Waals surface area contributed by atoms with Crippen LogP contribution in [0.2, 0.25) is 0 Å². The molecule has 2 amide bonds. The molecule has 0 radical (unpaired) electrons. The van der Waals surface area contributed by atoms with Crippen molar-refractivity contribution >= 4 is 17.5 Å². The molecule has 0 aliphatic rings. The molecule has 26 heavy (non-hydrogen) atoms. The third kappa shape index (κ3) is 5.19. The fourth-order valence-corrected chi connectivity index (χ4v) is 3.19. The minimum Gasteiger partial charge on any atom is -0.349 e. The molecule has 0 spiro atoms. The third-order valence-corrected chi connectivity index (χ3v) is 4.37. The SMILES string of the molecule is CCN(C(=O)C[C@@H](NC(C)=O)c1ccc(C)cc1)c1cc(C)cc(C)c1. The van der Waals surface area contributed by atoms with Crippen LogP contribution in [0.3, 0.4) is 0 Å². The van der Waals surface area contributed by atoms with E-state index in [0.29, 0.717) is 6.54 Å². The molecular formula is C22H28N2O2. The highest BCUT2D eigenvalue weighted by atomic mass is 16.2. The van der Waals surface area contributed by atoms with Crippen LogP contribution in [0.4, 0.5) is 5.69 Å². The summed E-state index contributed by atoms with van der Waals surface area (Å²) in [7, 11) is 0. The Bertz CT molecular complexity index is 761. The number of amides is 2. The highest BCUT2D eigenvalue weighted by Crippen LogP contribution is 2.23. The number of nitrogens with one attached hydrogen (secondary N) is 1. The van der Waals surface area contributed by atoms with Gasteiger partial charge in [-0.15, -0.1) is 0 Å². The average molecular weight is 352 g/mol. The molecule has 0 unspecified atom stereocenters. The Balaban J connectivity index is 2.26. The number of carbonyl (C=O) groups is 2. The van der Waals surface area contributed by atoms with Gasteiger partial charge in [0.15, 0.2) is 0 Å². The second-order valence-corrected chi connectivity index (χ2v) is 6.85. The van der Waals surface area contributed by atoms with E-state index in [4.69, 9.17) is 0 Å². The van der Waals surface area contributed by atoms with Gasteiger partial charge in [0, 0.05) is 19.2 Å². The topological polar surface area (TPSA) is 49.4 Å². The van der Waals surface area contributed by atoms with Crippen LogP contribution in [-0.2, 0) is 9.59 Å². The van der Waals surface area contributed by atoms with Gasteiger partial charge >= 0.3 is 0 Å². The molecule has 0 bridgehead atoms. The van der Waals surface area contributed by atoms with Gasteiger partial charge in [0.25, 0.3) is 0 Å². The number of anilines is 1. The Hall–Kier alpha value is -2.62. The lowest BCUT2D eigenvalue weighted by Gasteiger charge is -2.25. The summed E-state index contributed by atoms with van der Waals surface area (Å²) >= 11 is 0. The molecule has 0 heterocycles. The first-order valence-electron chi connectivity index (χ1n) is 9.02. The van der Waals surface area contributed by atoms with E-state index < -0.39 is 0 Å². The van der Waals surface area contributed by atoms with Gasteiger partial charge in [-0.2, -0.15) is 0 Å². The van der Waals surface area contributed by atoms with E-state index in [1.54, 1.807) is 4.90 Å². The second kappa shape index (κ2) is 8.65. The number of aryl methyl sites for hydroxylation is 3. The Morgan fingerprint density at radius 3 is 2.04 bits per heavy atom. The van der Waals surface area contributed by atoms with Gasteiger partial charge < -0.3 is 10.2 Å². The smallest absolute Gasteiger partial charge is 0.229 e. The van der Waals surface area contributed by atoms with Crippen LogP contribution in [0.15, 0.2) is 42.5 Å². The number of nitrogens with zero attached hydrogens (tertiary/aromatic N) is 1. The van der Waals surface area contributed by atoms with E-state index >= 15 is 0 Å². The maximum absolute atomic E-state index is 13.0. The lowest BCUT2D eigenvalue weighted by Crippen LogP contribution is -2.36. The molecule has 2 aromatic rings. The standard InChI is InChI=1S/C22H28N2O2/c1-6-24(20-12-16(3)11-17(4)13-20)22(26)14-21(23-18(5)25)19-9-7-15(2)8-10-19/h7-13,21H,6,14H2,1-5H3,(H,23,25)/t21-/m1/s1. The Kier molecular flexibility index (Phi) is 6.56. The van der Waals surface area contributed by atoms with E-state index in [1.165, 1.54) is 6.92 Å². The number of rotatable bonds is 6. The monoisotopic (exact) mass is 352 g/mol. The average Bonchev–Trinajstić information content (AvgIpc) is 2.54. The first kappa shape index (κ1) is 19.7. The Labute approximate surface area is 156 Å². The summed E-state index contributed by atoms with van der Waals surface area (Å²) < 4.78 is 0. The summed E-state index contributed by atoms with van der Waals surface area (Å²) in [6.45, 7) is 10.1. The van der Waals surface area contributed by atoms with Crippen LogP contribution in [0.5, 0.6) is 0 Å². The fourth-order valence-electron chi connectivity index (χ4n) is 3.19. The molecule has 0 saturated carbocycles. The van der Waals surface area contributed by atoms with Crippen LogP contribution in [0, 0.1) is 20.8 Å². The first-order chi connectivity index (χ1) is 12.3. The minimum atomic E-state index is -0.333. The minimum absolute atomic E-state index is 0.00294. The van der Waals surface area contributed by atoms with Crippen LogP contribution in [0.25, 0.3) is 0 Å². The third-order valence-electron chi connectivity index (χ3n) is 4.37.